The first kappa shape index (κ1) is 16.1. The molecule has 2 unspecified atom stereocenters. The summed E-state index contributed by atoms with van der Waals surface area (Å²) in [6, 6.07) is 0.601. The van der Waals surface area contributed by atoms with E-state index in [1.54, 1.807) is 0 Å². The van der Waals surface area contributed by atoms with Crippen LogP contribution in [0, 0.1) is 11.3 Å². The van der Waals surface area contributed by atoms with Crippen LogP contribution in [0.3, 0.4) is 0 Å². The smallest absolute Gasteiger partial charge is 0.0918 e. The van der Waals surface area contributed by atoms with E-state index in [1.807, 2.05) is 11.8 Å². The van der Waals surface area contributed by atoms with Gasteiger partial charge in [0.15, 0.2) is 0 Å². The molecule has 0 aromatic heterocycles. The summed E-state index contributed by atoms with van der Waals surface area (Å²) >= 11 is 2.03. The number of rotatable bonds is 6. The van der Waals surface area contributed by atoms with Crippen LogP contribution in [-0.4, -0.2) is 53.6 Å². The Balaban J connectivity index is 1.97. The van der Waals surface area contributed by atoms with Gasteiger partial charge in [0.1, 0.15) is 0 Å². The molecule has 0 amide bonds. The van der Waals surface area contributed by atoms with Crippen LogP contribution in [-0.2, 0) is 4.74 Å². The molecule has 0 aromatic rings. The van der Waals surface area contributed by atoms with Crippen LogP contribution in [0.1, 0.15) is 39.5 Å². The molecular formula is C15H29N3OS. The van der Waals surface area contributed by atoms with E-state index in [2.05, 4.69) is 18.7 Å². The van der Waals surface area contributed by atoms with Gasteiger partial charge in [0.2, 0.25) is 0 Å². The summed E-state index contributed by atoms with van der Waals surface area (Å²) in [5.41, 5.74) is 5.68. The minimum absolute atomic E-state index is 0.138. The van der Waals surface area contributed by atoms with Crippen LogP contribution in [0.2, 0.25) is 0 Å². The lowest BCUT2D eigenvalue weighted by Gasteiger charge is -2.43. The molecule has 0 bridgehead atoms. The van der Waals surface area contributed by atoms with Gasteiger partial charge in [-0.1, -0.05) is 13.8 Å². The van der Waals surface area contributed by atoms with Crippen molar-refractivity contribution in [2.45, 2.75) is 51.2 Å². The zero-order valence-electron chi connectivity index (χ0n) is 12.9. The summed E-state index contributed by atoms with van der Waals surface area (Å²) in [7, 11) is 0. The number of amidine groups is 1. The predicted octanol–water partition coefficient (Wildman–Crippen LogP) is 2.33. The Morgan fingerprint density at radius 1 is 1.55 bits per heavy atom. The van der Waals surface area contributed by atoms with Gasteiger partial charge in [-0.15, -0.1) is 0 Å². The summed E-state index contributed by atoms with van der Waals surface area (Å²) in [6.07, 6.45) is 4.17. The zero-order chi connectivity index (χ0) is 14.6. The Bertz CT molecular complexity index is 329. The summed E-state index contributed by atoms with van der Waals surface area (Å²) in [5, 5.41) is 7.47. The highest BCUT2D eigenvalue weighted by Gasteiger charge is 2.41. The van der Waals surface area contributed by atoms with Crippen molar-refractivity contribution in [3.8, 4) is 0 Å². The van der Waals surface area contributed by atoms with Crippen LogP contribution in [0.4, 0.5) is 0 Å². The maximum atomic E-state index is 7.47. The SMILES string of the molecule is CC(C)CN(CCC(=N)N)C1CCOC2(CCSC2)C1. The number of thioether (sulfide) groups is 1. The van der Waals surface area contributed by atoms with E-state index in [9.17, 15) is 0 Å². The first-order valence-corrected chi connectivity index (χ1v) is 8.95. The Labute approximate surface area is 127 Å². The molecule has 2 saturated heterocycles. The molecule has 0 aliphatic carbocycles. The lowest BCUT2D eigenvalue weighted by atomic mass is 9.88. The normalized spacial score (nSPS) is 30.5. The van der Waals surface area contributed by atoms with E-state index in [0.717, 1.165) is 38.3 Å². The summed E-state index contributed by atoms with van der Waals surface area (Å²) < 4.78 is 6.12. The number of nitrogens with zero attached hydrogens (tertiary/aromatic N) is 1. The first-order valence-electron chi connectivity index (χ1n) is 7.79. The third kappa shape index (κ3) is 4.37. The van der Waals surface area contributed by atoms with Gasteiger partial charge in [-0.05, 0) is 30.9 Å². The Kier molecular flexibility index (Phi) is 5.75. The fraction of sp³-hybridized carbons (Fsp3) is 0.933. The third-order valence-electron chi connectivity index (χ3n) is 4.32. The molecule has 0 aromatic carbocycles. The van der Waals surface area contributed by atoms with Crippen LogP contribution in [0.5, 0.6) is 0 Å². The second-order valence-corrected chi connectivity index (χ2v) is 7.75. The van der Waals surface area contributed by atoms with E-state index < -0.39 is 0 Å². The number of nitrogens with one attached hydrogen (secondary N) is 1. The van der Waals surface area contributed by atoms with Gasteiger partial charge >= 0.3 is 0 Å². The maximum absolute atomic E-state index is 7.47. The van der Waals surface area contributed by atoms with Gasteiger partial charge in [0.25, 0.3) is 0 Å². The third-order valence-corrected chi connectivity index (χ3v) is 5.54. The summed E-state index contributed by atoms with van der Waals surface area (Å²) in [4.78, 5) is 2.55. The van der Waals surface area contributed by atoms with Gasteiger partial charge in [0, 0.05) is 37.9 Å². The number of nitrogens with two attached hydrogens (primary N) is 1. The van der Waals surface area contributed by atoms with Gasteiger partial charge in [-0.3, -0.25) is 10.3 Å². The largest absolute Gasteiger partial charge is 0.388 e. The van der Waals surface area contributed by atoms with Crippen molar-refractivity contribution in [1.82, 2.24) is 4.90 Å². The van der Waals surface area contributed by atoms with E-state index >= 15 is 0 Å². The molecule has 5 heteroatoms. The second kappa shape index (κ2) is 7.14. The molecule has 3 N–H and O–H groups in total. The predicted molar refractivity (Wildman–Crippen MR) is 86.6 cm³/mol. The molecular weight excluding hydrogens is 270 g/mol. The number of ether oxygens (including phenoxy) is 1. The van der Waals surface area contributed by atoms with Gasteiger partial charge in [-0.25, -0.2) is 0 Å². The molecule has 2 atom stereocenters. The van der Waals surface area contributed by atoms with Crippen LogP contribution in [0.15, 0.2) is 0 Å². The highest BCUT2D eigenvalue weighted by atomic mass is 32.2. The Morgan fingerprint density at radius 2 is 2.35 bits per heavy atom. The molecule has 2 aliphatic heterocycles. The molecule has 2 aliphatic rings. The minimum atomic E-state index is 0.138. The van der Waals surface area contributed by atoms with E-state index in [-0.39, 0.29) is 5.60 Å². The van der Waals surface area contributed by atoms with Crippen LogP contribution < -0.4 is 5.73 Å². The molecule has 2 fully saturated rings. The van der Waals surface area contributed by atoms with Crippen molar-refractivity contribution >= 4 is 17.6 Å². The molecule has 1 spiro atoms. The van der Waals surface area contributed by atoms with E-state index in [0.29, 0.717) is 24.2 Å². The fourth-order valence-corrected chi connectivity index (χ4v) is 4.71. The monoisotopic (exact) mass is 299 g/mol. The zero-order valence-corrected chi connectivity index (χ0v) is 13.7. The fourth-order valence-electron chi connectivity index (χ4n) is 3.33. The Hall–Kier alpha value is -0.260. The first-order chi connectivity index (χ1) is 9.51. The highest BCUT2D eigenvalue weighted by Crippen LogP contribution is 2.39. The van der Waals surface area contributed by atoms with E-state index in [1.165, 1.54) is 12.2 Å². The average Bonchev–Trinajstić information content (AvgIpc) is 2.82. The molecule has 2 heterocycles. The number of hydrogen-bond acceptors (Lipinski definition) is 4. The summed E-state index contributed by atoms with van der Waals surface area (Å²) in [5.74, 6) is 3.35. The van der Waals surface area contributed by atoms with Crippen LogP contribution >= 0.6 is 11.8 Å². The van der Waals surface area contributed by atoms with Crippen molar-refractivity contribution in [2.24, 2.45) is 11.7 Å². The molecule has 0 radical (unpaired) electrons. The van der Waals surface area contributed by atoms with Gasteiger partial charge in [-0.2, -0.15) is 11.8 Å². The van der Waals surface area contributed by atoms with Crippen molar-refractivity contribution < 1.29 is 4.74 Å². The van der Waals surface area contributed by atoms with Crippen molar-refractivity contribution in [2.75, 3.05) is 31.2 Å². The van der Waals surface area contributed by atoms with Gasteiger partial charge < -0.3 is 10.5 Å². The van der Waals surface area contributed by atoms with Crippen molar-refractivity contribution in [3.05, 3.63) is 0 Å². The molecule has 4 nitrogen and oxygen atoms in total. The lowest BCUT2D eigenvalue weighted by molar-refractivity contribution is -0.0904. The second-order valence-electron chi connectivity index (χ2n) is 6.64. The standard InChI is InChI=1S/C15H29N3OS/c1-12(2)10-18(6-3-14(16)17)13-4-7-19-15(9-13)5-8-20-11-15/h12-13H,3-11H2,1-2H3,(H3,16,17). The minimum Gasteiger partial charge on any atom is -0.388 e. The summed E-state index contributed by atoms with van der Waals surface area (Å²) in [6.45, 7) is 7.44. The van der Waals surface area contributed by atoms with Crippen molar-refractivity contribution in [3.63, 3.8) is 0 Å². The van der Waals surface area contributed by atoms with Gasteiger partial charge in [0.05, 0.1) is 11.4 Å². The number of hydrogen-bond donors (Lipinski definition) is 2. The molecule has 20 heavy (non-hydrogen) atoms. The van der Waals surface area contributed by atoms with E-state index in [4.69, 9.17) is 15.9 Å². The maximum Gasteiger partial charge on any atom is 0.0918 e. The Morgan fingerprint density at radius 3 is 2.95 bits per heavy atom. The highest BCUT2D eigenvalue weighted by molar-refractivity contribution is 7.99. The average molecular weight is 299 g/mol. The molecule has 2 rings (SSSR count). The molecule has 0 saturated carbocycles. The quantitative estimate of drug-likeness (QED) is 0.584. The van der Waals surface area contributed by atoms with Crippen molar-refractivity contribution in [1.29, 1.82) is 5.41 Å². The van der Waals surface area contributed by atoms with Crippen LogP contribution in [0.25, 0.3) is 0 Å². The molecule has 116 valence electrons. The topological polar surface area (TPSA) is 62.3 Å². The lowest BCUT2D eigenvalue weighted by Crippen LogP contribution is -2.50.